The number of fused-ring (bicyclic) bond motifs is 1. The van der Waals surface area contributed by atoms with Crippen molar-refractivity contribution in [3.05, 3.63) is 70.9 Å². The van der Waals surface area contributed by atoms with E-state index in [1.165, 1.54) is 16.5 Å². The Labute approximate surface area is 166 Å². The smallest absolute Gasteiger partial charge is 0.220 e. The zero-order valence-corrected chi connectivity index (χ0v) is 16.8. The number of halogens is 1. The normalized spacial score (nSPS) is 12.3. The van der Waals surface area contributed by atoms with Gasteiger partial charge in [-0.25, -0.2) is 0 Å². The predicted molar refractivity (Wildman–Crippen MR) is 113 cm³/mol. The summed E-state index contributed by atoms with van der Waals surface area (Å²) >= 11 is 6.09. The van der Waals surface area contributed by atoms with Crippen LogP contribution in [-0.4, -0.2) is 17.0 Å². The van der Waals surface area contributed by atoms with Gasteiger partial charge >= 0.3 is 0 Å². The van der Waals surface area contributed by atoms with Crippen LogP contribution in [0, 0.1) is 0 Å². The van der Waals surface area contributed by atoms with Gasteiger partial charge in [0.15, 0.2) is 0 Å². The van der Waals surface area contributed by atoms with Crippen molar-refractivity contribution in [1.29, 1.82) is 0 Å². The minimum atomic E-state index is 0.00148. The lowest BCUT2D eigenvalue weighted by Gasteiger charge is -2.17. The first-order valence-electron chi connectivity index (χ1n) is 9.74. The lowest BCUT2D eigenvalue weighted by Crippen LogP contribution is -2.26. The second-order valence-corrected chi connectivity index (χ2v) is 7.34. The number of rotatable bonds is 8. The van der Waals surface area contributed by atoms with Crippen LogP contribution in [0.2, 0.25) is 5.02 Å². The van der Waals surface area contributed by atoms with E-state index in [1.54, 1.807) is 0 Å². The van der Waals surface area contributed by atoms with Crippen LogP contribution in [0.3, 0.4) is 0 Å². The highest BCUT2D eigenvalue weighted by Crippen LogP contribution is 2.35. The second-order valence-electron chi connectivity index (χ2n) is 6.90. The SMILES string of the molecule is CCCCNC(=O)C[C@H](c1ccc(Cl)cc1)c1cn(CC)c2ccccc12. The van der Waals surface area contributed by atoms with Gasteiger partial charge in [-0.15, -0.1) is 0 Å². The molecule has 3 aromatic rings. The topological polar surface area (TPSA) is 34.0 Å². The van der Waals surface area contributed by atoms with Crippen LogP contribution >= 0.6 is 11.6 Å². The lowest BCUT2D eigenvalue weighted by atomic mass is 9.88. The number of carbonyl (C=O) groups is 1. The second kappa shape index (κ2) is 9.09. The summed E-state index contributed by atoms with van der Waals surface area (Å²) in [6.45, 7) is 5.91. The molecule has 0 aliphatic rings. The van der Waals surface area contributed by atoms with Gasteiger partial charge in [-0.2, -0.15) is 0 Å². The van der Waals surface area contributed by atoms with Gasteiger partial charge in [-0.3, -0.25) is 4.79 Å². The molecule has 0 spiro atoms. The molecule has 27 heavy (non-hydrogen) atoms. The number of benzene rings is 2. The molecule has 1 atom stereocenters. The molecule has 2 aromatic carbocycles. The summed E-state index contributed by atoms with van der Waals surface area (Å²) in [5, 5.41) is 4.98. The third-order valence-corrected chi connectivity index (χ3v) is 5.30. The molecule has 0 unspecified atom stereocenters. The number of aromatic nitrogens is 1. The molecule has 0 aliphatic heterocycles. The summed E-state index contributed by atoms with van der Waals surface area (Å²) in [5.74, 6) is 0.0957. The maximum absolute atomic E-state index is 12.6. The Morgan fingerprint density at radius 2 is 1.85 bits per heavy atom. The summed E-state index contributed by atoms with van der Waals surface area (Å²) < 4.78 is 2.25. The van der Waals surface area contributed by atoms with Gasteiger partial charge in [-0.05, 0) is 42.7 Å². The Morgan fingerprint density at radius 1 is 1.11 bits per heavy atom. The van der Waals surface area contributed by atoms with E-state index in [1.807, 2.05) is 24.3 Å². The number of aryl methyl sites for hydroxylation is 1. The molecule has 1 aromatic heterocycles. The van der Waals surface area contributed by atoms with E-state index in [0.717, 1.165) is 31.5 Å². The number of amides is 1. The molecule has 0 aliphatic carbocycles. The first kappa shape index (κ1) is 19.5. The first-order chi connectivity index (χ1) is 13.1. The minimum Gasteiger partial charge on any atom is -0.356 e. The molecule has 3 rings (SSSR count). The van der Waals surface area contributed by atoms with Gasteiger partial charge in [0.2, 0.25) is 5.91 Å². The molecule has 0 fully saturated rings. The Bertz CT molecular complexity index is 898. The minimum absolute atomic E-state index is 0.00148. The third kappa shape index (κ3) is 4.54. The standard InChI is InChI=1S/C23H27ClN2O/c1-3-5-14-25-23(27)15-20(17-10-12-18(24)13-11-17)21-16-26(4-2)22-9-7-6-8-19(21)22/h6-13,16,20H,3-5,14-15H2,1-2H3,(H,25,27)/t20-/m1/s1. The molecular weight excluding hydrogens is 356 g/mol. The number of nitrogens with zero attached hydrogens (tertiary/aromatic N) is 1. The first-order valence-corrected chi connectivity index (χ1v) is 10.1. The van der Waals surface area contributed by atoms with E-state index in [0.29, 0.717) is 11.4 Å². The summed E-state index contributed by atoms with van der Waals surface area (Å²) in [5.41, 5.74) is 3.52. The van der Waals surface area contributed by atoms with Crippen molar-refractivity contribution in [3.63, 3.8) is 0 Å². The number of hydrogen-bond acceptors (Lipinski definition) is 1. The third-order valence-electron chi connectivity index (χ3n) is 5.05. The molecule has 0 saturated carbocycles. The Kier molecular flexibility index (Phi) is 6.57. The van der Waals surface area contributed by atoms with E-state index in [-0.39, 0.29) is 11.8 Å². The van der Waals surface area contributed by atoms with Crippen LogP contribution in [0.5, 0.6) is 0 Å². The van der Waals surface area contributed by atoms with Gasteiger partial charge in [0, 0.05) is 47.6 Å². The van der Waals surface area contributed by atoms with Crippen LogP contribution in [0.15, 0.2) is 54.7 Å². The summed E-state index contributed by atoms with van der Waals surface area (Å²) in [6, 6.07) is 16.3. The molecule has 1 amide bonds. The van der Waals surface area contributed by atoms with E-state index in [9.17, 15) is 4.79 Å². The fourth-order valence-corrected chi connectivity index (χ4v) is 3.71. The molecule has 3 nitrogen and oxygen atoms in total. The van der Waals surface area contributed by atoms with Gasteiger partial charge in [-0.1, -0.05) is 55.3 Å². The number of unbranched alkanes of at least 4 members (excludes halogenated alkanes) is 1. The van der Waals surface area contributed by atoms with E-state index in [4.69, 9.17) is 11.6 Å². The zero-order valence-electron chi connectivity index (χ0n) is 16.0. The van der Waals surface area contributed by atoms with Crippen molar-refractivity contribution in [2.45, 2.75) is 45.6 Å². The fraction of sp³-hybridized carbons (Fsp3) is 0.348. The molecule has 0 saturated heterocycles. The molecule has 1 N–H and O–H groups in total. The van der Waals surface area contributed by atoms with Crippen LogP contribution in [0.4, 0.5) is 0 Å². The Morgan fingerprint density at radius 3 is 2.56 bits per heavy atom. The van der Waals surface area contributed by atoms with Crippen LogP contribution < -0.4 is 5.32 Å². The summed E-state index contributed by atoms with van der Waals surface area (Å²) in [4.78, 5) is 12.6. The van der Waals surface area contributed by atoms with E-state index >= 15 is 0 Å². The largest absolute Gasteiger partial charge is 0.356 e. The van der Waals surface area contributed by atoms with Crippen molar-refractivity contribution >= 4 is 28.4 Å². The van der Waals surface area contributed by atoms with Crippen molar-refractivity contribution in [2.24, 2.45) is 0 Å². The van der Waals surface area contributed by atoms with Crippen molar-refractivity contribution in [2.75, 3.05) is 6.54 Å². The van der Waals surface area contributed by atoms with Gasteiger partial charge < -0.3 is 9.88 Å². The number of para-hydroxylation sites is 1. The number of nitrogens with one attached hydrogen (secondary N) is 1. The molecular formula is C23H27ClN2O. The monoisotopic (exact) mass is 382 g/mol. The van der Waals surface area contributed by atoms with E-state index in [2.05, 4.69) is 54.2 Å². The molecule has 142 valence electrons. The quantitative estimate of drug-likeness (QED) is 0.494. The van der Waals surface area contributed by atoms with Crippen molar-refractivity contribution in [3.8, 4) is 0 Å². The molecule has 4 heteroatoms. The van der Waals surface area contributed by atoms with Crippen molar-refractivity contribution in [1.82, 2.24) is 9.88 Å². The van der Waals surface area contributed by atoms with Gasteiger partial charge in [0.05, 0.1) is 0 Å². The highest BCUT2D eigenvalue weighted by molar-refractivity contribution is 6.30. The van der Waals surface area contributed by atoms with Gasteiger partial charge in [0.25, 0.3) is 0 Å². The van der Waals surface area contributed by atoms with Crippen LogP contribution in [0.1, 0.15) is 50.2 Å². The predicted octanol–water partition coefficient (Wildman–Crippen LogP) is 5.75. The average molecular weight is 383 g/mol. The number of hydrogen-bond donors (Lipinski definition) is 1. The highest BCUT2D eigenvalue weighted by atomic mass is 35.5. The number of carbonyl (C=O) groups excluding carboxylic acids is 1. The van der Waals surface area contributed by atoms with E-state index < -0.39 is 0 Å². The summed E-state index contributed by atoms with van der Waals surface area (Å²) in [7, 11) is 0. The molecule has 0 radical (unpaired) electrons. The van der Waals surface area contributed by atoms with Crippen molar-refractivity contribution < 1.29 is 4.79 Å². The Hall–Kier alpha value is -2.26. The average Bonchev–Trinajstić information content (AvgIpc) is 3.06. The molecule has 0 bridgehead atoms. The maximum Gasteiger partial charge on any atom is 0.220 e. The highest BCUT2D eigenvalue weighted by Gasteiger charge is 2.22. The summed E-state index contributed by atoms with van der Waals surface area (Å²) in [6.07, 6.45) is 4.71. The van der Waals surface area contributed by atoms with Crippen LogP contribution in [0.25, 0.3) is 10.9 Å². The Balaban J connectivity index is 1.99. The van der Waals surface area contributed by atoms with Gasteiger partial charge in [0.1, 0.15) is 0 Å². The zero-order chi connectivity index (χ0) is 19.2. The molecule has 1 heterocycles. The fourth-order valence-electron chi connectivity index (χ4n) is 3.58. The van der Waals surface area contributed by atoms with Crippen LogP contribution in [-0.2, 0) is 11.3 Å². The maximum atomic E-state index is 12.6. The lowest BCUT2D eigenvalue weighted by molar-refractivity contribution is -0.121.